The van der Waals surface area contributed by atoms with Gasteiger partial charge in [-0.3, -0.25) is 4.98 Å². The SMILES string of the molecule is CCCc1nc2cccc(C)c2cc1CC. The zero-order valence-corrected chi connectivity index (χ0v) is 10.4. The van der Waals surface area contributed by atoms with Gasteiger partial charge in [-0.2, -0.15) is 0 Å². The Morgan fingerprint density at radius 1 is 1.19 bits per heavy atom. The van der Waals surface area contributed by atoms with Crippen LogP contribution in [0.15, 0.2) is 24.3 Å². The van der Waals surface area contributed by atoms with Crippen LogP contribution in [0.3, 0.4) is 0 Å². The number of fused-ring (bicyclic) bond motifs is 1. The van der Waals surface area contributed by atoms with Crippen molar-refractivity contribution in [1.82, 2.24) is 4.98 Å². The van der Waals surface area contributed by atoms with Crippen molar-refractivity contribution in [1.29, 1.82) is 0 Å². The van der Waals surface area contributed by atoms with Crippen LogP contribution < -0.4 is 0 Å². The first-order chi connectivity index (χ1) is 7.76. The van der Waals surface area contributed by atoms with E-state index in [-0.39, 0.29) is 0 Å². The van der Waals surface area contributed by atoms with Crippen LogP contribution >= 0.6 is 0 Å². The molecule has 0 fully saturated rings. The Hall–Kier alpha value is -1.37. The summed E-state index contributed by atoms with van der Waals surface area (Å²) in [6, 6.07) is 8.68. The van der Waals surface area contributed by atoms with Gasteiger partial charge in [-0.15, -0.1) is 0 Å². The molecule has 0 N–H and O–H groups in total. The molecular formula is C15H19N. The first-order valence-corrected chi connectivity index (χ1v) is 6.14. The lowest BCUT2D eigenvalue weighted by Gasteiger charge is -2.09. The Labute approximate surface area is 97.5 Å². The molecule has 16 heavy (non-hydrogen) atoms. The van der Waals surface area contributed by atoms with E-state index < -0.39 is 0 Å². The van der Waals surface area contributed by atoms with Gasteiger partial charge in [-0.25, -0.2) is 0 Å². The average Bonchev–Trinajstić information content (AvgIpc) is 2.29. The van der Waals surface area contributed by atoms with Crippen molar-refractivity contribution in [3.63, 3.8) is 0 Å². The third-order valence-corrected chi connectivity index (χ3v) is 3.11. The third kappa shape index (κ3) is 1.95. The van der Waals surface area contributed by atoms with Gasteiger partial charge in [-0.05, 0) is 43.0 Å². The second-order valence-electron chi connectivity index (χ2n) is 4.34. The summed E-state index contributed by atoms with van der Waals surface area (Å²) in [5.74, 6) is 0. The van der Waals surface area contributed by atoms with Crippen molar-refractivity contribution in [3.05, 3.63) is 41.1 Å². The second-order valence-corrected chi connectivity index (χ2v) is 4.34. The number of aryl methyl sites for hydroxylation is 3. The van der Waals surface area contributed by atoms with Crippen molar-refractivity contribution in [2.75, 3.05) is 0 Å². The molecule has 0 unspecified atom stereocenters. The van der Waals surface area contributed by atoms with Crippen molar-refractivity contribution >= 4 is 10.9 Å². The fraction of sp³-hybridized carbons (Fsp3) is 0.400. The fourth-order valence-electron chi connectivity index (χ4n) is 2.18. The molecule has 0 radical (unpaired) electrons. The minimum atomic E-state index is 1.08. The number of pyridine rings is 1. The van der Waals surface area contributed by atoms with E-state index in [0.717, 1.165) is 24.8 Å². The molecule has 0 spiro atoms. The topological polar surface area (TPSA) is 12.9 Å². The number of hydrogen-bond acceptors (Lipinski definition) is 1. The smallest absolute Gasteiger partial charge is 0.0708 e. The minimum Gasteiger partial charge on any atom is -0.253 e. The number of aromatic nitrogens is 1. The zero-order valence-electron chi connectivity index (χ0n) is 10.4. The molecule has 1 aromatic heterocycles. The van der Waals surface area contributed by atoms with Crippen LogP contribution in [0.25, 0.3) is 10.9 Å². The van der Waals surface area contributed by atoms with Gasteiger partial charge in [0.2, 0.25) is 0 Å². The van der Waals surface area contributed by atoms with Gasteiger partial charge in [-0.1, -0.05) is 32.4 Å². The maximum atomic E-state index is 4.80. The summed E-state index contributed by atoms with van der Waals surface area (Å²) in [4.78, 5) is 4.80. The molecule has 0 saturated heterocycles. The molecular weight excluding hydrogens is 194 g/mol. The molecule has 0 bridgehead atoms. The monoisotopic (exact) mass is 213 g/mol. The lowest BCUT2D eigenvalue weighted by molar-refractivity contribution is 0.865. The van der Waals surface area contributed by atoms with E-state index in [1.165, 1.54) is 22.2 Å². The number of rotatable bonds is 3. The largest absolute Gasteiger partial charge is 0.253 e. The van der Waals surface area contributed by atoms with Gasteiger partial charge in [0.15, 0.2) is 0 Å². The predicted octanol–water partition coefficient (Wildman–Crippen LogP) is 4.06. The maximum absolute atomic E-state index is 4.80. The molecule has 0 atom stereocenters. The highest BCUT2D eigenvalue weighted by atomic mass is 14.7. The fourth-order valence-corrected chi connectivity index (χ4v) is 2.18. The Morgan fingerprint density at radius 3 is 2.69 bits per heavy atom. The Bertz CT molecular complexity index is 500. The van der Waals surface area contributed by atoms with E-state index in [4.69, 9.17) is 4.98 Å². The average molecular weight is 213 g/mol. The highest BCUT2D eigenvalue weighted by molar-refractivity contribution is 5.82. The van der Waals surface area contributed by atoms with Crippen molar-refractivity contribution in [2.45, 2.75) is 40.0 Å². The maximum Gasteiger partial charge on any atom is 0.0708 e. The highest BCUT2D eigenvalue weighted by Gasteiger charge is 2.05. The van der Waals surface area contributed by atoms with E-state index in [2.05, 4.69) is 45.0 Å². The summed E-state index contributed by atoms with van der Waals surface area (Å²) >= 11 is 0. The summed E-state index contributed by atoms with van der Waals surface area (Å²) in [7, 11) is 0. The Balaban J connectivity index is 2.65. The molecule has 0 aliphatic rings. The zero-order chi connectivity index (χ0) is 11.5. The van der Waals surface area contributed by atoms with Crippen LogP contribution in [-0.4, -0.2) is 4.98 Å². The van der Waals surface area contributed by atoms with Gasteiger partial charge < -0.3 is 0 Å². The van der Waals surface area contributed by atoms with E-state index in [9.17, 15) is 0 Å². The lowest BCUT2D eigenvalue weighted by Crippen LogP contribution is -1.98. The molecule has 84 valence electrons. The summed E-state index contributed by atoms with van der Waals surface area (Å²) < 4.78 is 0. The lowest BCUT2D eigenvalue weighted by atomic mass is 10.0. The summed E-state index contributed by atoms with van der Waals surface area (Å²) in [6.07, 6.45) is 3.33. The van der Waals surface area contributed by atoms with Crippen molar-refractivity contribution < 1.29 is 0 Å². The summed E-state index contributed by atoms with van der Waals surface area (Å²) in [5.41, 5.74) is 5.15. The van der Waals surface area contributed by atoms with E-state index >= 15 is 0 Å². The summed E-state index contributed by atoms with van der Waals surface area (Å²) in [5, 5.41) is 1.30. The molecule has 0 saturated carbocycles. The molecule has 1 aromatic carbocycles. The van der Waals surface area contributed by atoms with Crippen LogP contribution in [0.1, 0.15) is 37.1 Å². The quantitative estimate of drug-likeness (QED) is 0.749. The first kappa shape index (κ1) is 11.1. The van der Waals surface area contributed by atoms with Crippen LogP contribution in [0.4, 0.5) is 0 Å². The minimum absolute atomic E-state index is 1.08. The van der Waals surface area contributed by atoms with Crippen LogP contribution in [-0.2, 0) is 12.8 Å². The second kappa shape index (κ2) is 4.65. The standard InChI is InChI=1S/C15H19N/c1-4-7-14-12(5-2)10-13-11(3)8-6-9-15(13)16-14/h6,8-10H,4-5,7H2,1-3H3. The van der Waals surface area contributed by atoms with Gasteiger partial charge >= 0.3 is 0 Å². The Kier molecular flexibility index (Phi) is 3.23. The van der Waals surface area contributed by atoms with Crippen molar-refractivity contribution in [2.24, 2.45) is 0 Å². The number of hydrogen-bond donors (Lipinski definition) is 0. The predicted molar refractivity (Wildman–Crippen MR) is 69.9 cm³/mol. The first-order valence-electron chi connectivity index (χ1n) is 6.14. The van der Waals surface area contributed by atoms with Crippen LogP contribution in [0, 0.1) is 6.92 Å². The molecule has 1 nitrogen and oxygen atoms in total. The molecule has 2 rings (SSSR count). The van der Waals surface area contributed by atoms with Crippen molar-refractivity contribution in [3.8, 4) is 0 Å². The molecule has 0 aliphatic heterocycles. The molecule has 2 aromatic rings. The van der Waals surface area contributed by atoms with Gasteiger partial charge in [0, 0.05) is 11.1 Å². The number of nitrogens with zero attached hydrogens (tertiary/aromatic N) is 1. The molecule has 1 heterocycles. The van der Waals surface area contributed by atoms with E-state index in [1.54, 1.807) is 0 Å². The third-order valence-electron chi connectivity index (χ3n) is 3.11. The van der Waals surface area contributed by atoms with Gasteiger partial charge in [0.1, 0.15) is 0 Å². The normalized spacial score (nSPS) is 10.9. The highest BCUT2D eigenvalue weighted by Crippen LogP contribution is 2.21. The van der Waals surface area contributed by atoms with Gasteiger partial charge in [0.05, 0.1) is 5.52 Å². The van der Waals surface area contributed by atoms with E-state index in [1.807, 2.05) is 0 Å². The van der Waals surface area contributed by atoms with Gasteiger partial charge in [0.25, 0.3) is 0 Å². The molecule has 1 heteroatoms. The number of benzene rings is 1. The van der Waals surface area contributed by atoms with Crippen LogP contribution in [0.5, 0.6) is 0 Å². The Morgan fingerprint density at radius 2 is 2.00 bits per heavy atom. The molecule has 0 aliphatic carbocycles. The van der Waals surface area contributed by atoms with Crippen LogP contribution in [0.2, 0.25) is 0 Å². The molecule has 0 amide bonds. The van der Waals surface area contributed by atoms with E-state index in [0.29, 0.717) is 0 Å². The summed E-state index contributed by atoms with van der Waals surface area (Å²) in [6.45, 7) is 6.57.